The third kappa shape index (κ3) is 4.70. The second-order valence-electron chi connectivity index (χ2n) is 4.76. The highest BCUT2D eigenvalue weighted by atomic mass is 79.9. The molecule has 1 aromatic rings. The number of nitrogens with one attached hydrogen (secondary N) is 1. The van der Waals surface area contributed by atoms with Crippen LogP contribution >= 0.6 is 23.8 Å². The van der Waals surface area contributed by atoms with E-state index in [1.165, 1.54) is 17.3 Å². The van der Waals surface area contributed by atoms with E-state index in [9.17, 15) is 19.3 Å². The molecule has 1 saturated heterocycles. The van der Waals surface area contributed by atoms with Crippen LogP contribution in [0.4, 0.5) is 0 Å². The molecule has 0 spiro atoms. The van der Waals surface area contributed by atoms with Crippen LogP contribution in [0.2, 0.25) is 0 Å². The molecule has 12 heteroatoms. The Morgan fingerprint density at radius 3 is 2.83 bits per heavy atom. The van der Waals surface area contributed by atoms with Crippen LogP contribution in [0.3, 0.4) is 0 Å². The van der Waals surface area contributed by atoms with Crippen LogP contribution in [0.25, 0.3) is 6.08 Å². The number of phosphoric acid groups is 1. The van der Waals surface area contributed by atoms with Gasteiger partial charge in [0.25, 0.3) is 5.56 Å². The normalized spacial score (nSPS) is 25.3. The lowest BCUT2D eigenvalue weighted by Crippen LogP contribution is -2.33. The highest BCUT2D eigenvalue weighted by molar-refractivity contribution is 9.11. The molecular weight excluding hydrogens is 399 g/mol. The predicted octanol–water partition coefficient (Wildman–Crippen LogP) is -0.340. The van der Waals surface area contributed by atoms with Crippen molar-refractivity contribution in [2.75, 3.05) is 6.61 Å². The van der Waals surface area contributed by atoms with Crippen LogP contribution in [0.5, 0.6) is 0 Å². The number of aliphatic hydroxyl groups is 1. The Morgan fingerprint density at radius 1 is 1.52 bits per heavy atom. The van der Waals surface area contributed by atoms with E-state index in [2.05, 4.69) is 25.4 Å². The molecule has 0 amide bonds. The molecule has 1 aliphatic heterocycles. The van der Waals surface area contributed by atoms with Gasteiger partial charge in [-0.1, -0.05) is 15.9 Å². The number of aliphatic hydroxyl groups excluding tert-OH is 1. The summed E-state index contributed by atoms with van der Waals surface area (Å²) in [7, 11) is -4.69. The molecule has 1 aromatic heterocycles. The smallest absolute Gasteiger partial charge is 0.390 e. The molecule has 2 heterocycles. The van der Waals surface area contributed by atoms with E-state index in [0.717, 1.165) is 4.57 Å². The van der Waals surface area contributed by atoms with Crippen molar-refractivity contribution in [2.24, 2.45) is 0 Å². The van der Waals surface area contributed by atoms with E-state index in [4.69, 9.17) is 14.5 Å². The molecule has 23 heavy (non-hydrogen) atoms. The van der Waals surface area contributed by atoms with Crippen LogP contribution in [0.1, 0.15) is 18.2 Å². The lowest BCUT2D eigenvalue weighted by atomic mass is 10.2. The lowest BCUT2D eigenvalue weighted by molar-refractivity contribution is -0.0451. The standard InChI is InChI=1S/C11H14BrN2O8P/c12-2-1-6-4-14(11(17)13-10(6)16)9-3-7(15)8(22-9)5-21-23(18,19)20/h1-2,4,7-9,15H,3,5H2,(H,13,16,17)(H2,18,19,20)/b2-1+/t7-,8+,9+/m0/s1. The quantitative estimate of drug-likeness (QED) is 0.479. The van der Waals surface area contributed by atoms with Crippen molar-refractivity contribution in [3.8, 4) is 0 Å². The van der Waals surface area contributed by atoms with Crippen LogP contribution in [0, 0.1) is 0 Å². The van der Waals surface area contributed by atoms with Gasteiger partial charge >= 0.3 is 13.5 Å². The summed E-state index contributed by atoms with van der Waals surface area (Å²) in [6, 6.07) is 0. The van der Waals surface area contributed by atoms with Gasteiger partial charge in [-0.2, -0.15) is 0 Å². The number of phosphoric ester groups is 1. The fourth-order valence-corrected chi connectivity index (χ4v) is 2.73. The van der Waals surface area contributed by atoms with Gasteiger partial charge in [-0.25, -0.2) is 9.36 Å². The van der Waals surface area contributed by atoms with Gasteiger partial charge in [-0.15, -0.1) is 0 Å². The van der Waals surface area contributed by atoms with Crippen molar-refractivity contribution in [3.63, 3.8) is 0 Å². The number of nitrogens with zero attached hydrogens (tertiary/aromatic N) is 1. The maximum absolute atomic E-state index is 11.9. The molecule has 2 rings (SSSR count). The van der Waals surface area contributed by atoms with Gasteiger partial charge in [0.05, 0.1) is 18.3 Å². The first-order valence-electron chi connectivity index (χ1n) is 6.37. The van der Waals surface area contributed by atoms with E-state index in [1.807, 2.05) is 0 Å². The van der Waals surface area contributed by atoms with Gasteiger partial charge < -0.3 is 19.6 Å². The molecule has 10 nitrogen and oxygen atoms in total. The maximum Gasteiger partial charge on any atom is 0.469 e. The topological polar surface area (TPSA) is 151 Å². The average molecular weight is 413 g/mol. The number of hydrogen-bond acceptors (Lipinski definition) is 6. The monoisotopic (exact) mass is 412 g/mol. The van der Waals surface area contributed by atoms with Gasteiger partial charge in [0, 0.05) is 12.6 Å². The van der Waals surface area contributed by atoms with Crippen molar-refractivity contribution in [1.29, 1.82) is 0 Å². The Labute approximate surface area is 137 Å². The van der Waals surface area contributed by atoms with E-state index < -0.39 is 44.1 Å². The number of H-pyrrole nitrogens is 1. The number of rotatable bonds is 5. The summed E-state index contributed by atoms with van der Waals surface area (Å²) in [5.74, 6) is 0. The second kappa shape index (κ2) is 7.22. The number of aromatic nitrogens is 2. The van der Waals surface area contributed by atoms with E-state index in [1.54, 1.807) is 0 Å². The van der Waals surface area contributed by atoms with E-state index in [-0.39, 0.29) is 12.0 Å². The molecule has 0 saturated carbocycles. The maximum atomic E-state index is 11.9. The van der Waals surface area contributed by atoms with Crippen LogP contribution in [0.15, 0.2) is 20.8 Å². The SMILES string of the molecule is O=c1[nH]c(=O)n([C@H]2C[C@H](O)[C@@H](COP(=O)(O)O)O2)cc1/C=C/Br. The molecule has 0 aromatic carbocycles. The summed E-state index contributed by atoms with van der Waals surface area (Å²) in [6.45, 7) is -0.534. The van der Waals surface area contributed by atoms with Gasteiger partial charge in [-0.05, 0) is 11.1 Å². The third-order valence-electron chi connectivity index (χ3n) is 3.16. The van der Waals surface area contributed by atoms with E-state index >= 15 is 0 Å². The fraction of sp³-hybridized carbons (Fsp3) is 0.455. The van der Waals surface area contributed by atoms with Crippen molar-refractivity contribution < 1.29 is 28.7 Å². The predicted molar refractivity (Wildman–Crippen MR) is 81.8 cm³/mol. The molecule has 0 radical (unpaired) electrons. The van der Waals surface area contributed by atoms with Crippen molar-refractivity contribution in [2.45, 2.75) is 24.9 Å². The Morgan fingerprint density at radius 2 is 2.22 bits per heavy atom. The minimum Gasteiger partial charge on any atom is -0.390 e. The second-order valence-corrected chi connectivity index (χ2v) is 6.53. The minimum atomic E-state index is -4.69. The van der Waals surface area contributed by atoms with Crippen molar-refractivity contribution in [1.82, 2.24) is 9.55 Å². The number of aromatic amines is 1. The van der Waals surface area contributed by atoms with E-state index in [0.29, 0.717) is 0 Å². The summed E-state index contributed by atoms with van der Waals surface area (Å²) in [5, 5.41) is 9.87. The highest BCUT2D eigenvalue weighted by Crippen LogP contribution is 2.38. The van der Waals surface area contributed by atoms with Crippen molar-refractivity contribution in [3.05, 3.63) is 37.6 Å². The van der Waals surface area contributed by atoms with Gasteiger partial charge in [-0.3, -0.25) is 18.9 Å². The molecule has 1 fully saturated rings. The van der Waals surface area contributed by atoms with Gasteiger partial charge in [0.2, 0.25) is 0 Å². The molecule has 0 aliphatic carbocycles. The number of ether oxygens (including phenoxy) is 1. The zero-order chi connectivity index (χ0) is 17.2. The Balaban J connectivity index is 2.20. The zero-order valence-electron chi connectivity index (χ0n) is 11.5. The first kappa shape index (κ1) is 18.3. The molecule has 1 aliphatic rings. The highest BCUT2D eigenvalue weighted by Gasteiger charge is 2.37. The van der Waals surface area contributed by atoms with Crippen LogP contribution < -0.4 is 11.2 Å². The fourth-order valence-electron chi connectivity index (χ4n) is 2.11. The average Bonchev–Trinajstić information content (AvgIpc) is 2.80. The summed E-state index contributed by atoms with van der Waals surface area (Å²) in [5.41, 5.74) is -1.12. The Kier molecular flexibility index (Phi) is 5.74. The molecule has 0 bridgehead atoms. The summed E-state index contributed by atoms with van der Waals surface area (Å²) in [4.78, 5) is 44.3. The summed E-state index contributed by atoms with van der Waals surface area (Å²) in [6.07, 6.45) is -0.306. The van der Waals surface area contributed by atoms with Crippen molar-refractivity contribution >= 4 is 29.8 Å². The Bertz CT molecular complexity index is 753. The Hall–Kier alpha value is -1.07. The largest absolute Gasteiger partial charge is 0.469 e. The molecular formula is C11H14BrN2O8P. The third-order valence-corrected chi connectivity index (χ3v) is 3.91. The van der Waals surface area contributed by atoms with Crippen LogP contribution in [-0.2, 0) is 13.8 Å². The molecule has 128 valence electrons. The first-order chi connectivity index (χ1) is 10.7. The zero-order valence-corrected chi connectivity index (χ0v) is 14.0. The summed E-state index contributed by atoms with van der Waals surface area (Å²) >= 11 is 3.02. The van der Waals surface area contributed by atoms with Gasteiger partial charge in [0.1, 0.15) is 12.3 Å². The molecule has 4 N–H and O–H groups in total. The minimum absolute atomic E-state index is 0.00139. The first-order valence-corrected chi connectivity index (χ1v) is 8.81. The van der Waals surface area contributed by atoms with Crippen LogP contribution in [-0.4, -0.2) is 43.3 Å². The lowest BCUT2D eigenvalue weighted by Gasteiger charge is -2.16. The number of halogens is 1. The van der Waals surface area contributed by atoms with Gasteiger partial charge in [0.15, 0.2) is 0 Å². The molecule has 3 atom stereocenters. The summed E-state index contributed by atoms with van der Waals surface area (Å²) < 4.78 is 21.5. The number of hydrogen-bond donors (Lipinski definition) is 4. The molecule has 0 unspecified atom stereocenters.